The van der Waals surface area contributed by atoms with Crippen LogP contribution in [0, 0.1) is 13.8 Å². The van der Waals surface area contributed by atoms with Gasteiger partial charge >= 0.3 is 0 Å². The second-order valence-corrected chi connectivity index (χ2v) is 5.91. The lowest BCUT2D eigenvalue weighted by Gasteiger charge is -2.08. The fourth-order valence-electron chi connectivity index (χ4n) is 1.76. The molecular formula is C13H15NO3S. The summed E-state index contributed by atoms with van der Waals surface area (Å²) in [5.41, 5.74) is 1.78. The van der Waals surface area contributed by atoms with Crippen molar-refractivity contribution in [2.45, 2.75) is 25.3 Å². The van der Waals surface area contributed by atoms with Gasteiger partial charge in [-0.3, -0.25) is 0 Å². The molecule has 1 heterocycles. The Morgan fingerprint density at radius 3 is 2.61 bits per heavy atom. The summed E-state index contributed by atoms with van der Waals surface area (Å²) in [5.74, 6) is 0.586. The highest BCUT2D eigenvalue weighted by molar-refractivity contribution is 7.89. The first kappa shape index (κ1) is 12.9. The maximum atomic E-state index is 12.1. The predicted molar refractivity (Wildman–Crippen MR) is 68.6 cm³/mol. The van der Waals surface area contributed by atoms with Gasteiger partial charge in [0.15, 0.2) is 0 Å². The maximum absolute atomic E-state index is 12.1. The zero-order chi connectivity index (χ0) is 13.2. The fraction of sp³-hybridized carbons (Fsp3) is 0.231. The first-order valence-electron chi connectivity index (χ1n) is 5.58. The molecule has 0 saturated heterocycles. The summed E-state index contributed by atoms with van der Waals surface area (Å²) in [4.78, 5) is 0.305. The van der Waals surface area contributed by atoms with E-state index in [1.807, 2.05) is 13.0 Å². The number of furan rings is 1. The van der Waals surface area contributed by atoms with Crippen molar-refractivity contribution in [1.29, 1.82) is 0 Å². The van der Waals surface area contributed by atoms with E-state index in [-0.39, 0.29) is 6.54 Å². The molecule has 1 N–H and O–H groups in total. The summed E-state index contributed by atoms with van der Waals surface area (Å²) in [6.45, 7) is 3.87. The van der Waals surface area contributed by atoms with E-state index >= 15 is 0 Å². The van der Waals surface area contributed by atoms with Gasteiger partial charge < -0.3 is 4.42 Å². The molecule has 0 radical (unpaired) electrons. The largest absolute Gasteiger partial charge is 0.468 e. The Morgan fingerprint density at radius 1 is 1.22 bits per heavy atom. The van der Waals surface area contributed by atoms with Crippen LogP contribution in [0.5, 0.6) is 0 Å². The van der Waals surface area contributed by atoms with Crippen LogP contribution >= 0.6 is 0 Å². The predicted octanol–water partition coefficient (Wildman–Crippen LogP) is 2.37. The van der Waals surface area contributed by atoms with E-state index in [1.54, 1.807) is 31.2 Å². The molecule has 2 rings (SSSR count). The van der Waals surface area contributed by atoms with Crippen LogP contribution in [0.1, 0.15) is 16.9 Å². The molecular weight excluding hydrogens is 250 g/mol. The number of benzene rings is 1. The zero-order valence-corrected chi connectivity index (χ0v) is 11.1. The standard InChI is InChI=1S/C13H15NO3S/c1-10-5-6-13(11(2)8-10)18(15,16)14-9-12-4-3-7-17-12/h3-8,14H,9H2,1-2H3. The molecule has 0 aliphatic carbocycles. The highest BCUT2D eigenvalue weighted by atomic mass is 32.2. The lowest BCUT2D eigenvalue weighted by atomic mass is 10.2. The van der Waals surface area contributed by atoms with Gasteiger partial charge in [0.2, 0.25) is 10.0 Å². The van der Waals surface area contributed by atoms with Crippen LogP contribution in [0.2, 0.25) is 0 Å². The van der Waals surface area contributed by atoms with Gasteiger partial charge in [0.1, 0.15) is 5.76 Å². The first-order chi connectivity index (χ1) is 8.49. The molecule has 18 heavy (non-hydrogen) atoms. The maximum Gasteiger partial charge on any atom is 0.241 e. The van der Waals surface area contributed by atoms with Crippen LogP contribution < -0.4 is 4.72 Å². The van der Waals surface area contributed by atoms with Gasteiger partial charge in [-0.05, 0) is 37.6 Å². The Morgan fingerprint density at radius 2 is 2.00 bits per heavy atom. The number of hydrogen-bond donors (Lipinski definition) is 1. The molecule has 1 aromatic carbocycles. The van der Waals surface area contributed by atoms with E-state index in [2.05, 4.69) is 4.72 Å². The molecule has 0 fully saturated rings. The van der Waals surface area contributed by atoms with Gasteiger partial charge in [0.05, 0.1) is 17.7 Å². The second-order valence-electron chi connectivity index (χ2n) is 4.17. The Balaban J connectivity index is 2.20. The number of hydrogen-bond acceptors (Lipinski definition) is 3. The fourth-order valence-corrected chi connectivity index (χ4v) is 2.98. The summed E-state index contributed by atoms with van der Waals surface area (Å²) < 4.78 is 31.8. The van der Waals surface area contributed by atoms with Crippen LogP contribution in [-0.4, -0.2) is 8.42 Å². The average Bonchev–Trinajstić information content (AvgIpc) is 2.78. The smallest absolute Gasteiger partial charge is 0.241 e. The molecule has 5 heteroatoms. The molecule has 0 amide bonds. The Kier molecular flexibility index (Phi) is 3.54. The van der Waals surface area contributed by atoms with Crippen molar-refractivity contribution in [3.05, 3.63) is 53.5 Å². The van der Waals surface area contributed by atoms with Crippen molar-refractivity contribution >= 4 is 10.0 Å². The van der Waals surface area contributed by atoms with Crippen LogP contribution in [-0.2, 0) is 16.6 Å². The number of sulfonamides is 1. The second kappa shape index (κ2) is 4.96. The summed E-state index contributed by atoms with van der Waals surface area (Å²) in [7, 11) is -3.49. The summed E-state index contributed by atoms with van der Waals surface area (Å²) in [6.07, 6.45) is 1.51. The van der Waals surface area contributed by atoms with Gasteiger partial charge in [0, 0.05) is 0 Å². The third-order valence-corrected chi connectivity index (χ3v) is 4.20. The van der Waals surface area contributed by atoms with Crippen molar-refractivity contribution in [2.75, 3.05) is 0 Å². The summed E-state index contributed by atoms with van der Waals surface area (Å²) >= 11 is 0. The van der Waals surface area contributed by atoms with E-state index in [0.717, 1.165) is 11.1 Å². The Hall–Kier alpha value is -1.59. The van der Waals surface area contributed by atoms with E-state index in [4.69, 9.17) is 4.42 Å². The molecule has 0 unspecified atom stereocenters. The van der Waals surface area contributed by atoms with Gasteiger partial charge in [0.25, 0.3) is 0 Å². The zero-order valence-electron chi connectivity index (χ0n) is 10.3. The van der Waals surface area contributed by atoms with E-state index < -0.39 is 10.0 Å². The average molecular weight is 265 g/mol. The van der Waals surface area contributed by atoms with Crippen molar-refractivity contribution in [1.82, 2.24) is 4.72 Å². The van der Waals surface area contributed by atoms with Crippen LogP contribution in [0.3, 0.4) is 0 Å². The van der Waals surface area contributed by atoms with Gasteiger partial charge in [-0.2, -0.15) is 0 Å². The van der Waals surface area contributed by atoms with E-state index in [9.17, 15) is 8.42 Å². The van der Waals surface area contributed by atoms with E-state index in [0.29, 0.717) is 10.7 Å². The van der Waals surface area contributed by atoms with Crippen molar-refractivity contribution in [2.24, 2.45) is 0 Å². The first-order valence-corrected chi connectivity index (χ1v) is 7.07. The molecule has 0 saturated carbocycles. The number of rotatable bonds is 4. The molecule has 0 aliphatic heterocycles. The molecule has 0 bridgehead atoms. The van der Waals surface area contributed by atoms with Gasteiger partial charge in [-0.15, -0.1) is 0 Å². The lowest BCUT2D eigenvalue weighted by molar-refractivity contribution is 0.498. The van der Waals surface area contributed by atoms with Crippen LogP contribution in [0.25, 0.3) is 0 Å². The molecule has 2 aromatic rings. The molecule has 96 valence electrons. The van der Waals surface area contributed by atoms with Crippen molar-refractivity contribution in [3.63, 3.8) is 0 Å². The minimum absolute atomic E-state index is 0.155. The normalized spacial score (nSPS) is 11.7. The third kappa shape index (κ3) is 2.80. The Bertz CT molecular complexity index is 630. The quantitative estimate of drug-likeness (QED) is 0.923. The molecule has 0 aliphatic rings. The summed E-state index contributed by atoms with van der Waals surface area (Å²) in [5, 5.41) is 0. The molecule has 0 atom stereocenters. The van der Waals surface area contributed by atoms with Crippen LogP contribution in [0.4, 0.5) is 0 Å². The van der Waals surface area contributed by atoms with Crippen molar-refractivity contribution in [3.8, 4) is 0 Å². The summed E-state index contributed by atoms with van der Waals surface area (Å²) in [6, 6.07) is 8.70. The third-order valence-electron chi connectivity index (χ3n) is 2.64. The van der Waals surface area contributed by atoms with E-state index in [1.165, 1.54) is 6.26 Å². The highest BCUT2D eigenvalue weighted by Gasteiger charge is 2.16. The Labute approximate surface area is 107 Å². The monoisotopic (exact) mass is 265 g/mol. The minimum Gasteiger partial charge on any atom is -0.468 e. The van der Waals surface area contributed by atoms with Crippen molar-refractivity contribution < 1.29 is 12.8 Å². The molecule has 1 aromatic heterocycles. The lowest BCUT2D eigenvalue weighted by Crippen LogP contribution is -2.23. The molecule has 4 nitrogen and oxygen atoms in total. The SMILES string of the molecule is Cc1ccc(S(=O)(=O)NCc2ccco2)c(C)c1. The number of aryl methyl sites for hydroxylation is 2. The highest BCUT2D eigenvalue weighted by Crippen LogP contribution is 2.16. The van der Waals surface area contributed by atoms with Gasteiger partial charge in [-0.1, -0.05) is 17.7 Å². The molecule has 0 spiro atoms. The minimum atomic E-state index is -3.49. The van der Waals surface area contributed by atoms with Crippen LogP contribution in [0.15, 0.2) is 45.9 Å². The van der Waals surface area contributed by atoms with Gasteiger partial charge in [-0.25, -0.2) is 13.1 Å². The topological polar surface area (TPSA) is 59.3 Å². The number of nitrogens with one attached hydrogen (secondary N) is 1.